The second kappa shape index (κ2) is 11.9. The lowest BCUT2D eigenvalue weighted by molar-refractivity contribution is 0.132. The molecule has 0 aromatic heterocycles. The van der Waals surface area contributed by atoms with Crippen LogP contribution in [0, 0.1) is 0 Å². The van der Waals surface area contributed by atoms with Gasteiger partial charge in [-0.05, 0) is 37.6 Å². The normalized spacial score (nSPS) is 16.9. The molecule has 2 aliphatic heterocycles. The van der Waals surface area contributed by atoms with Gasteiger partial charge in [0.25, 0.3) is 0 Å². The monoisotopic (exact) mass is 502 g/mol. The first-order valence-corrected chi connectivity index (χ1v) is 12.4. The van der Waals surface area contributed by atoms with E-state index in [1.807, 2.05) is 30.3 Å². The van der Waals surface area contributed by atoms with Crippen molar-refractivity contribution in [3.63, 3.8) is 0 Å². The number of hydrogen-bond donors (Lipinski definition) is 2. The van der Waals surface area contributed by atoms with Crippen LogP contribution >= 0.6 is 11.6 Å². The van der Waals surface area contributed by atoms with Crippen LogP contribution in [0.15, 0.2) is 41.4 Å². The number of rotatable bonds is 10. The highest BCUT2D eigenvalue weighted by molar-refractivity contribution is 6.30. The standard InChI is InChI=1S/C26H35ClN4O4/c1-31-9-7-26(8-10-31)25(28-18-19-5-4-6-20(27)15-19)29-21-16-23(34-13-11-32-2)24(17-22(21)30-26)35-14-12-33-3/h4-6,15-17,30H,7-14,18H2,1-3H3,(H,28,29). The molecule has 1 saturated heterocycles. The smallest absolute Gasteiger partial charge is 0.163 e. The quantitative estimate of drug-likeness (QED) is 0.474. The maximum atomic E-state index is 6.20. The lowest BCUT2D eigenvalue weighted by Gasteiger charge is -2.45. The average molecular weight is 503 g/mol. The molecule has 0 saturated carbocycles. The molecule has 0 amide bonds. The van der Waals surface area contributed by atoms with Crippen molar-refractivity contribution in [3.8, 4) is 11.5 Å². The molecule has 1 fully saturated rings. The molecule has 9 heteroatoms. The number of fused-ring (bicyclic) bond motifs is 1. The molecule has 2 heterocycles. The summed E-state index contributed by atoms with van der Waals surface area (Å²) in [7, 11) is 5.47. The summed E-state index contributed by atoms with van der Waals surface area (Å²) in [5, 5.41) is 8.16. The van der Waals surface area contributed by atoms with Crippen molar-refractivity contribution in [3.05, 3.63) is 47.0 Å². The van der Waals surface area contributed by atoms with E-state index in [1.165, 1.54) is 0 Å². The van der Waals surface area contributed by atoms with Crippen LogP contribution in [-0.2, 0) is 16.0 Å². The highest BCUT2D eigenvalue weighted by Crippen LogP contribution is 2.44. The Morgan fingerprint density at radius 2 is 1.69 bits per heavy atom. The van der Waals surface area contributed by atoms with Crippen LogP contribution < -0.4 is 20.1 Å². The number of amidine groups is 1. The summed E-state index contributed by atoms with van der Waals surface area (Å²) in [6.45, 7) is 4.44. The second-order valence-electron chi connectivity index (χ2n) is 8.95. The minimum absolute atomic E-state index is 0.277. The summed E-state index contributed by atoms with van der Waals surface area (Å²) in [6.07, 6.45) is 1.88. The van der Waals surface area contributed by atoms with E-state index < -0.39 is 0 Å². The largest absolute Gasteiger partial charge is 0.487 e. The van der Waals surface area contributed by atoms with E-state index in [4.69, 9.17) is 35.5 Å². The minimum Gasteiger partial charge on any atom is -0.487 e. The number of benzene rings is 2. The number of methoxy groups -OCH3 is 2. The molecule has 8 nitrogen and oxygen atoms in total. The van der Waals surface area contributed by atoms with Crippen molar-refractivity contribution in [1.82, 2.24) is 10.2 Å². The number of halogens is 1. The molecule has 2 aromatic carbocycles. The van der Waals surface area contributed by atoms with Gasteiger partial charge in [-0.2, -0.15) is 0 Å². The van der Waals surface area contributed by atoms with Gasteiger partial charge in [-0.15, -0.1) is 0 Å². The van der Waals surface area contributed by atoms with Crippen LogP contribution in [0.2, 0.25) is 5.02 Å². The van der Waals surface area contributed by atoms with Crippen LogP contribution in [0.5, 0.6) is 11.5 Å². The maximum Gasteiger partial charge on any atom is 0.163 e. The van der Waals surface area contributed by atoms with Crippen LogP contribution in [-0.4, -0.2) is 77.1 Å². The number of nitrogens with one attached hydrogen (secondary N) is 2. The number of piperidine rings is 1. The topological polar surface area (TPSA) is 76.6 Å². The van der Waals surface area contributed by atoms with Gasteiger partial charge < -0.3 is 34.5 Å². The summed E-state index contributed by atoms with van der Waals surface area (Å²) in [4.78, 5) is 7.46. The van der Waals surface area contributed by atoms with Crippen molar-refractivity contribution in [2.24, 2.45) is 4.99 Å². The van der Waals surface area contributed by atoms with E-state index in [1.54, 1.807) is 14.2 Å². The van der Waals surface area contributed by atoms with E-state index in [2.05, 4.69) is 28.6 Å². The molecule has 0 bridgehead atoms. The molecule has 0 radical (unpaired) electrons. The molecule has 4 rings (SSSR count). The summed E-state index contributed by atoms with van der Waals surface area (Å²) in [5.41, 5.74) is 2.59. The number of hydrogen-bond acceptors (Lipinski definition) is 8. The minimum atomic E-state index is -0.277. The third-order valence-electron chi connectivity index (χ3n) is 6.40. The first-order chi connectivity index (χ1) is 17.0. The fraction of sp³-hybridized carbons (Fsp3) is 0.500. The summed E-state index contributed by atoms with van der Waals surface area (Å²) >= 11 is 6.20. The molecular weight excluding hydrogens is 468 g/mol. The van der Waals surface area contributed by atoms with Crippen LogP contribution in [0.3, 0.4) is 0 Å². The van der Waals surface area contributed by atoms with Gasteiger partial charge >= 0.3 is 0 Å². The van der Waals surface area contributed by atoms with Gasteiger partial charge in [0, 0.05) is 51.0 Å². The first kappa shape index (κ1) is 25.6. The summed E-state index contributed by atoms with van der Waals surface area (Å²) < 4.78 is 22.3. The average Bonchev–Trinajstić information content (AvgIpc) is 2.85. The number of likely N-dealkylation sites (tertiary alicyclic amines) is 1. The van der Waals surface area contributed by atoms with Crippen molar-refractivity contribution in [2.75, 3.05) is 66.1 Å². The molecule has 0 aliphatic carbocycles. The zero-order valence-electron chi connectivity index (χ0n) is 20.7. The molecular formula is C26H35ClN4O4. The van der Waals surface area contributed by atoms with Gasteiger partial charge in [-0.25, -0.2) is 4.99 Å². The molecule has 2 aliphatic rings. The zero-order chi connectivity index (χ0) is 24.7. The number of aliphatic imine (C=N–C) groups is 1. The Labute approximate surface area is 212 Å². The fourth-order valence-corrected chi connectivity index (χ4v) is 4.60. The second-order valence-corrected chi connectivity index (χ2v) is 9.39. The molecule has 35 heavy (non-hydrogen) atoms. The van der Waals surface area contributed by atoms with Gasteiger partial charge in [0.05, 0.1) is 30.1 Å². The lowest BCUT2D eigenvalue weighted by Crippen LogP contribution is -2.58. The Morgan fingerprint density at radius 1 is 1.00 bits per heavy atom. The molecule has 190 valence electrons. The van der Waals surface area contributed by atoms with Crippen molar-refractivity contribution < 1.29 is 18.9 Å². The van der Waals surface area contributed by atoms with Gasteiger partial charge in [-0.3, -0.25) is 0 Å². The number of nitrogens with zero attached hydrogens (tertiary/aromatic N) is 2. The molecule has 0 unspecified atom stereocenters. The Hall–Kier alpha value is -2.52. The fourth-order valence-electron chi connectivity index (χ4n) is 4.39. The Morgan fingerprint density at radius 3 is 2.34 bits per heavy atom. The third-order valence-corrected chi connectivity index (χ3v) is 6.64. The molecule has 2 aromatic rings. The molecule has 0 atom stereocenters. The van der Waals surface area contributed by atoms with Crippen molar-refractivity contribution in [2.45, 2.75) is 24.9 Å². The molecule has 2 N–H and O–H groups in total. The van der Waals surface area contributed by atoms with E-state index >= 15 is 0 Å². The number of anilines is 1. The Kier molecular flexibility index (Phi) is 8.73. The summed E-state index contributed by atoms with van der Waals surface area (Å²) in [5.74, 6) is 2.24. The maximum absolute atomic E-state index is 6.20. The van der Waals surface area contributed by atoms with Gasteiger partial charge in [0.15, 0.2) is 11.5 Å². The number of ether oxygens (including phenoxy) is 4. The predicted octanol–water partition coefficient (Wildman–Crippen LogP) is 4.10. The highest BCUT2D eigenvalue weighted by atomic mass is 35.5. The van der Waals surface area contributed by atoms with Crippen LogP contribution in [0.25, 0.3) is 0 Å². The van der Waals surface area contributed by atoms with Crippen LogP contribution in [0.1, 0.15) is 18.4 Å². The Bertz CT molecular complexity index is 1020. The van der Waals surface area contributed by atoms with E-state index in [9.17, 15) is 0 Å². The Balaban J connectivity index is 1.65. The van der Waals surface area contributed by atoms with Gasteiger partial charge in [0.1, 0.15) is 19.0 Å². The third kappa shape index (κ3) is 6.38. The van der Waals surface area contributed by atoms with E-state index in [-0.39, 0.29) is 5.54 Å². The van der Waals surface area contributed by atoms with Crippen molar-refractivity contribution in [1.29, 1.82) is 0 Å². The lowest BCUT2D eigenvalue weighted by atomic mass is 9.84. The predicted molar refractivity (Wildman–Crippen MR) is 140 cm³/mol. The zero-order valence-corrected chi connectivity index (χ0v) is 21.5. The first-order valence-electron chi connectivity index (χ1n) is 12.0. The molecule has 1 spiro atoms. The van der Waals surface area contributed by atoms with Crippen molar-refractivity contribution >= 4 is 28.8 Å². The van der Waals surface area contributed by atoms with E-state index in [0.29, 0.717) is 44.5 Å². The van der Waals surface area contributed by atoms with Gasteiger partial charge in [0.2, 0.25) is 0 Å². The highest BCUT2D eigenvalue weighted by Gasteiger charge is 2.41. The summed E-state index contributed by atoms with van der Waals surface area (Å²) in [6, 6.07) is 11.8. The van der Waals surface area contributed by atoms with Crippen LogP contribution in [0.4, 0.5) is 11.4 Å². The SMILES string of the molecule is COCCOc1cc2c(cc1OCCOC)NC1(CCN(C)CC1)C(NCc1cccc(Cl)c1)=N2. The van der Waals surface area contributed by atoms with E-state index in [0.717, 1.165) is 53.7 Å². The van der Waals surface area contributed by atoms with Gasteiger partial charge in [-0.1, -0.05) is 23.7 Å².